The molecule has 4 rings (SSSR count). The van der Waals surface area contributed by atoms with Gasteiger partial charge in [-0.1, -0.05) is 0 Å². The van der Waals surface area contributed by atoms with E-state index in [-0.39, 0.29) is 24.0 Å². The maximum Gasteiger partial charge on any atom is 0.371 e. The number of likely N-dealkylation sites (tertiary alicyclic amines) is 1. The lowest BCUT2D eigenvalue weighted by atomic mass is 9.87. The van der Waals surface area contributed by atoms with Gasteiger partial charge in [0.05, 0.1) is 18.6 Å². The van der Waals surface area contributed by atoms with Crippen molar-refractivity contribution in [2.45, 2.75) is 109 Å². The molecule has 35 heavy (non-hydrogen) atoms. The Morgan fingerprint density at radius 1 is 0.886 bits per heavy atom. The van der Waals surface area contributed by atoms with Crippen molar-refractivity contribution in [2.24, 2.45) is 5.92 Å². The van der Waals surface area contributed by atoms with Crippen LogP contribution in [0.2, 0.25) is 0 Å². The van der Waals surface area contributed by atoms with Crippen molar-refractivity contribution < 1.29 is 23.8 Å². The number of piperazine rings is 1. The van der Waals surface area contributed by atoms with E-state index in [1.54, 1.807) is 0 Å². The van der Waals surface area contributed by atoms with Gasteiger partial charge in [0.25, 0.3) is 5.85 Å². The van der Waals surface area contributed by atoms with Gasteiger partial charge in [0.1, 0.15) is 5.60 Å². The Labute approximate surface area is 211 Å². The smallest absolute Gasteiger partial charge is 0.371 e. The number of carbonyl (C=O) groups excluding carboxylic acids is 2. The third-order valence-corrected chi connectivity index (χ3v) is 8.27. The summed E-state index contributed by atoms with van der Waals surface area (Å²) < 4.78 is 18.3. The quantitative estimate of drug-likeness (QED) is 0.477. The van der Waals surface area contributed by atoms with Gasteiger partial charge in [-0.05, 0) is 86.0 Å². The van der Waals surface area contributed by atoms with Crippen molar-refractivity contribution in [1.29, 1.82) is 0 Å². The van der Waals surface area contributed by atoms with Gasteiger partial charge in [0.15, 0.2) is 0 Å². The summed E-state index contributed by atoms with van der Waals surface area (Å²) in [7, 11) is 0. The van der Waals surface area contributed by atoms with Crippen LogP contribution in [0, 0.1) is 5.92 Å². The van der Waals surface area contributed by atoms with Crippen LogP contribution in [0.1, 0.15) is 86.0 Å². The molecule has 2 saturated carbocycles. The van der Waals surface area contributed by atoms with Gasteiger partial charge < -0.3 is 14.2 Å². The Bertz CT molecular complexity index is 742. The minimum absolute atomic E-state index is 0.0691. The molecule has 2 saturated heterocycles. The monoisotopic (exact) mass is 493 g/mol. The molecule has 0 bridgehead atoms. The topological polar surface area (TPSA) is 71.5 Å². The first-order valence-electron chi connectivity index (χ1n) is 13.9. The van der Waals surface area contributed by atoms with Gasteiger partial charge in [-0.15, -0.1) is 0 Å². The van der Waals surface area contributed by atoms with Gasteiger partial charge in [-0.25, -0.2) is 4.79 Å². The first-order valence-corrected chi connectivity index (χ1v) is 13.9. The third kappa shape index (κ3) is 6.03. The average Bonchev–Trinajstić information content (AvgIpc) is 3.33. The largest absolute Gasteiger partial charge is 0.466 e. The van der Waals surface area contributed by atoms with Crippen molar-refractivity contribution in [2.75, 3.05) is 45.9 Å². The molecule has 8 heteroatoms. The van der Waals surface area contributed by atoms with Gasteiger partial charge in [-0.3, -0.25) is 19.5 Å². The SMILES string of the molecule is CCOC(=O)C1CCC(OC(C(=O)OC(C)(C)C)(N2CCCC2)N2CCN(C3(C)CC3)CC2)CC1. The zero-order valence-corrected chi connectivity index (χ0v) is 22.6. The molecule has 0 N–H and O–H groups in total. The lowest BCUT2D eigenvalue weighted by Gasteiger charge is -2.52. The molecule has 0 radical (unpaired) electrons. The van der Waals surface area contributed by atoms with Gasteiger partial charge >= 0.3 is 11.9 Å². The van der Waals surface area contributed by atoms with Crippen LogP contribution in [0.3, 0.4) is 0 Å². The maximum atomic E-state index is 14.1. The van der Waals surface area contributed by atoms with Crippen LogP contribution in [0.15, 0.2) is 0 Å². The molecular weight excluding hydrogens is 446 g/mol. The number of ether oxygens (including phenoxy) is 3. The zero-order valence-electron chi connectivity index (χ0n) is 22.6. The fourth-order valence-corrected chi connectivity index (χ4v) is 5.98. The summed E-state index contributed by atoms with van der Waals surface area (Å²) in [4.78, 5) is 33.4. The molecule has 0 amide bonds. The molecule has 1 unspecified atom stereocenters. The summed E-state index contributed by atoms with van der Waals surface area (Å²) >= 11 is 0. The van der Waals surface area contributed by atoms with Crippen LogP contribution >= 0.6 is 0 Å². The van der Waals surface area contributed by atoms with E-state index in [2.05, 4.69) is 21.6 Å². The number of carbonyl (C=O) groups is 2. The summed E-state index contributed by atoms with van der Waals surface area (Å²) in [6.45, 7) is 15.5. The Balaban J connectivity index is 1.55. The highest BCUT2D eigenvalue weighted by Crippen LogP contribution is 2.43. The fourth-order valence-electron chi connectivity index (χ4n) is 5.98. The second kappa shape index (κ2) is 10.6. The molecule has 0 spiro atoms. The average molecular weight is 494 g/mol. The van der Waals surface area contributed by atoms with E-state index in [0.717, 1.165) is 77.8 Å². The van der Waals surface area contributed by atoms with E-state index in [0.29, 0.717) is 12.1 Å². The summed E-state index contributed by atoms with van der Waals surface area (Å²) in [5, 5.41) is 0. The fraction of sp³-hybridized carbons (Fsp3) is 0.926. The van der Waals surface area contributed by atoms with E-state index in [1.807, 2.05) is 27.7 Å². The van der Waals surface area contributed by atoms with Crippen LogP contribution in [0.4, 0.5) is 0 Å². The second-order valence-electron chi connectivity index (χ2n) is 12.1. The van der Waals surface area contributed by atoms with Gasteiger partial charge in [0.2, 0.25) is 0 Å². The number of nitrogens with zero attached hydrogens (tertiary/aromatic N) is 3. The van der Waals surface area contributed by atoms with Crippen LogP contribution in [0.25, 0.3) is 0 Å². The molecule has 2 aliphatic heterocycles. The molecule has 2 aliphatic carbocycles. The van der Waals surface area contributed by atoms with Crippen molar-refractivity contribution in [3.8, 4) is 0 Å². The van der Waals surface area contributed by atoms with E-state index < -0.39 is 11.4 Å². The van der Waals surface area contributed by atoms with Crippen molar-refractivity contribution in [3.63, 3.8) is 0 Å². The summed E-state index contributed by atoms with van der Waals surface area (Å²) in [5.41, 5.74) is -0.267. The predicted octanol–water partition coefficient (Wildman–Crippen LogP) is 3.39. The lowest BCUT2D eigenvalue weighted by molar-refractivity contribution is -0.281. The molecule has 4 fully saturated rings. The van der Waals surface area contributed by atoms with Crippen molar-refractivity contribution in [3.05, 3.63) is 0 Å². The molecule has 200 valence electrons. The van der Waals surface area contributed by atoms with Crippen LogP contribution in [-0.2, 0) is 23.8 Å². The van der Waals surface area contributed by atoms with Crippen LogP contribution < -0.4 is 0 Å². The number of rotatable bonds is 8. The molecule has 0 aromatic heterocycles. The normalized spacial score (nSPS) is 30.0. The molecule has 1 atom stereocenters. The highest BCUT2D eigenvalue weighted by molar-refractivity contribution is 5.79. The molecule has 2 heterocycles. The summed E-state index contributed by atoms with van der Waals surface area (Å²) in [5.74, 6) is -1.67. The first-order chi connectivity index (χ1) is 16.6. The highest BCUT2D eigenvalue weighted by atomic mass is 16.6. The molecule has 0 aromatic carbocycles. The molecular formula is C27H47N3O5. The Morgan fingerprint density at radius 3 is 1.97 bits per heavy atom. The maximum absolute atomic E-state index is 14.1. The van der Waals surface area contributed by atoms with Gasteiger partial charge in [-0.2, -0.15) is 0 Å². The molecule has 0 aromatic rings. The zero-order chi connectivity index (χ0) is 25.3. The lowest BCUT2D eigenvalue weighted by Crippen LogP contribution is -2.71. The van der Waals surface area contributed by atoms with Crippen LogP contribution in [-0.4, -0.2) is 95.6 Å². The summed E-state index contributed by atoms with van der Waals surface area (Å²) in [6, 6.07) is 0. The first kappa shape index (κ1) is 26.8. The Morgan fingerprint density at radius 2 is 1.46 bits per heavy atom. The Hall–Kier alpha value is -1.22. The minimum atomic E-state index is -1.21. The third-order valence-electron chi connectivity index (χ3n) is 8.27. The summed E-state index contributed by atoms with van der Waals surface area (Å²) in [6.07, 6.45) is 7.52. The van der Waals surface area contributed by atoms with E-state index >= 15 is 0 Å². The minimum Gasteiger partial charge on any atom is -0.466 e. The van der Waals surface area contributed by atoms with E-state index in [4.69, 9.17) is 14.2 Å². The molecule has 4 aliphatic rings. The Kier molecular flexibility index (Phi) is 8.16. The standard InChI is InChI=1S/C27H47N3O5/c1-6-33-23(31)21-9-11-22(12-10-21)34-27(29-15-7-8-16-29,24(32)35-25(2,3)4)30-19-17-28(18-20-30)26(5)13-14-26/h21-22H,6-20H2,1-5H3. The van der Waals surface area contributed by atoms with E-state index in [1.165, 1.54) is 12.8 Å². The highest BCUT2D eigenvalue weighted by Gasteiger charge is 2.57. The molecule has 8 nitrogen and oxygen atoms in total. The van der Waals surface area contributed by atoms with E-state index in [9.17, 15) is 9.59 Å². The predicted molar refractivity (Wildman–Crippen MR) is 134 cm³/mol. The van der Waals surface area contributed by atoms with Crippen molar-refractivity contribution in [1.82, 2.24) is 14.7 Å². The number of hydrogen-bond donors (Lipinski definition) is 0. The van der Waals surface area contributed by atoms with Crippen LogP contribution in [0.5, 0.6) is 0 Å². The van der Waals surface area contributed by atoms with Crippen molar-refractivity contribution >= 4 is 11.9 Å². The number of hydrogen-bond acceptors (Lipinski definition) is 8. The second-order valence-corrected chi connectivity index (χ2v) is 12.1. The number of esters is 2. The van der Waals surface area contributed by atoms with Gasteiger partial charge in [0, 0.05) is 44.8 Å².